The lowest BCUT2D eigenvalue weighted by atomic mass is 10.1. The van der Waals surface area contributed by atoms with Crippen molar-refractivity contribution in [1.82, 2.24) is 10.6 Å². The van der Waals surface area contributed by atoms with E-state index in [2.05, 4.69) is 15.9 Å². The second kappa shape index (κ2) is 7.79. The first-order valence-corrected chi connectivity index (χ1v) is 7.87. The molecule has 0 aromatic heterocycles. The SMILES string of the molecule is CCOc1cc(C=C2C(=O)NC(=O)NC2=O)cc(Br)c1OCC(N)=O. The predicted molar refractivity (Wildman–Crippen MR) is 89.7 cm³/mol. The van der Waals surface area contributed by atoms with Crippen molar-refractivity contribution in [3.05, 3.63) is 27.7 Å². The molecular formula is C15H14BrN3O6. The summed E-state index contributed by atoms with van der Waals surface area (Å²) in [4.78, 5) is 45.5. The summed E-state index contributed by atoms with van der Waals surface area (Å²) in [5, 5.41) is 3.96. The van der Waals surface area contributed by atoms with Gasteiger partial charge in [-0.25, -0.2) is 4.79 Å². The molecule has 5 amide bonds. The zero-order chi connectivity index (χ0) is 18.6. The maximum atomic E-state index is 11.8. The molecule has 1 aliphatic rings. The number of carbonyl (C=O) groups excluding carboxylic acids is 4. The quantitative estimate of drug-likeness (QED) is 0.459. The molecule has 25 heavy (non-hydrogen) atoms. The highest BCUT2D eigenvalue weighted by Crippen LogP contribution is 2.37. The third-order valence-electron chi connectivity index (χ3n) is 2.94. The average Bonchev–Trinajstić information content (AvgIpc) is 2.50. The number of halogens is 1. The fourth-order valence-electron chi connectivity index (χ4n) is 1.99. The van der Waals surface area contributed by atoms with Crippen molar-refractivity contribution in [2.45, 2.75) is 6.92 Å². The van der Waals surface area contributed by atoms with Gasteiger partial charge in [-0.05, 0) is 46.6 Å². The first-order valence-electron chi connectivity index (χ1n) is 7.07. The zero-order valence-electron chi connectivity index (χ0n) is 13.1. The van der Waals surface area contributed by atoms with E-state index in [1.54, 1.807) is 13.0 Å². The Morgan fingerprint density at radius 1 is 1.20 bits per heavy atom. The minimum atomic E-state index is -0.876. The summed E-state index contributed by atoms with van der Waals surface area (Å²) >= 11 is 3.28. The third-order valence-corrected chi connectivity index (χ3v) is 3.53. The van der Waals surface area contributed by atoms with Gasteiger partial charge in [0.15, 0.2) is 18.1 Å². The van der Waals surface area contributed by atoms with Crippen LogP contribution in [0.1, 0.15) is 12.5 Å². The van der Waals surface area contributed by atoms with Crippen molar-refractivity contribution in [2.75, 3.05) is 13.2 Å². The average molecular weight is 412 g/mol. The number of ether oxygens (including phenoxy) is 2. The molecule has 1 fully saturated rings. The number of imide groups is 2. The van der Waals surface area contributed by atoms with E-state index in [0.717, 1.165) is 0 Å². The van der Waals surface area contributed by atoms with Crippen LogP contribution in [0.5, 0.6) is 11.5 Å². The van der Waals surface area contributed by atoms with Crippen molar-refractivity contribution < 1.29 is 28.7 Å². The molecule has 4 N–H and O–H groups in total. The number of urea groups is 1. The van der Waals surface area contributed by atoms with Gasteiger partial charge < -0.3 is 15.2 Å². The lowest BCUT2D eigenvalue weighted by Gasteiger charge is -2.16. The second-order valence-electron chi connectivity index (χ2n) is 4.81. The van der Waals surface area contributed by atoms with Crippen molar-refractivity contribution in [2.24, 2.45) is 5.73 Å². The summed E-state index contributed by atoms with van der Waals surface area (Å²) in [5.74, 6) is -1.72. The van der Waals surface area contributed by atoms with Crippen LogP contribution in [0.4, 0.5) is 4.79 Å². The van der Waals surface area contributed by atoms with Crippen LogP contribution in [-0.4, -0.2) is 37.0 Å². The van der Waals surface area contributed by atoms with Crippen LogP contribution in [0.2, 0.25) is 0 Å². The maximum Gasteiger partial charge on any atom is 0.328 e. The molecule has 10 heteroatoms. The molecule has 0 unspecified atom stereocenters. The van der Waals surface area contributed by atoms with Crippen LogP contribution in [0.25, 0.3) is 6.08 Å². The Bertz CT molecular complexity index is 768. The minimum Gasteiger partial charge on any atom is -0.490 e. The van der Waals surface area contributed by atoms with Crippen molar-refractivity contribution in [3.63, 3.8) is 0 Å². The van der Waals surface area contributed by atoms with Gasteiger partial charge in [-0.15, -0.1) is 0 Å². The Morgan fingerprint density at radius 3 is 2.40 bits per heavy atom. The van der Waals surface area contributed by atoms with E-state index < -0.39 is 23.8 Å². The molecule has 2 rings (SSSR count). The molecule has 9 nitrogen and oxygen atoms in total. The Labute approximate surface area is 150 Å². The van der Waals surface area contributed by atoms with Crippen LogP contribution < -0.4 is 25.8 Å². The molecule has 1 saturated heterocycles. The standard InChI is InChI=1S/C15H14BrN3O6/c1-2-24-10-5-7(4-9(16)12(10)25-6-11(17)20)3-8-13(21)18-15(23)19-14(8)22/h3-5H,2,6H2,1H3,(H2,17,20)(H2,18,19,21,22,23). The van der Waals surface area contributed by atoms with Crippen LogP contribution in [-0.2, 0) is 14.4 Å². The first-order chi connectivity index (χ1) is 11.8. The highest BCUT2D eigenvalue weighted by atomic mass is 79.9. The van der Waals surface area contributed by atoms with Gasteiger partial charge in [0.2, 0.25) is 0 Å². The summed E-state index contributed by atoms with van der Waals surface area (Å²) < 4.78 is 11.2. The number of nitrogens with two attached hydrogens (primary N) is 1. The third kappa shape index (κ3) is 4.57. The summed E-state index contributed by atoms with van der Waals surface area (Å²) in [6.45, 7) is 1.73. The van der Waals surface area contributed by atoms with Gasteiger partial charge in [0, 0.05) is 0 Å². The van der Waals surface area contributed by atoms with Crippen molar-refractivity contribution >= 4 is 45.8 Å². The number of barbiturate groups is 1. The number of amides is 5. The van der Waals surface area contributed by atoms with Crippen LogP contribution in [0, 0.1) is 0 Å². The number of hydrogen-bond acceptors (Lipinski definition) is 6. The Balaban J connectivity index is 2.40. The normalized spacial score (nSPS) is 13.8. The highest BCUT2D eigenvalue weighted by molar-refractivity contribution is 9.10. The largest absolute Gasteiger partial charge is 0.490 e. The summed E-state index contributed by atoms with van der Waals surface area (Å²) in [7, 11) is 0. The van der Waals surface area contributed by atoms with Gasteiger partial charge in [-0.1, -0.05) is 0 Å². The van der Waals surface area contributed by atoms with Gasteiger partial charge in [-0.2, -0.15) is 0 Å². The number of nitrogens with one attached hydrogen (secondary N) is 2. The molecule has 0 radical (unpaired) electrons. The molecule has 1 heterocycles. The Morgan fingerprint density at radius 2 is 1.84 bits per heavy atom. The molecule has 1 aromatic rings. The maximum absolute atomic E-state index is 11.8. The summed E-state index contributed by atoms with van der Waals surface area (Å²) in [5.41, 5.74) is 5.27. The molecular weight excluding hydrogens is 398 g/mol. The molecule has 1 aliphatic heterocycles. The first kappa shape index (κ1) is 18.5. The minimum absolute atomic E-state index is 0.236. The number of rotatable bonds is 6. The van der Waals surface area contributed by atoms with Crippen LogP contribution in [0.15, 0.2) is 22.2 Å². The molecule has 0 aliphatic carbocycles. The zero-order valence-corrected chi connectivity index (χ0v) is 14.6. The number of carbonyl (C=O) groups is 4. The molecule has 0 saturated carbocycles. The predicted octanol–water partition coefficient (Wildman–Crippen LogP) is 0.461. The fourth-order valence-corrected chi connectivity index (χ4v) is 2.56. The molecule has 0 spiro atoms. The lowest BCUT2D eigenvalue weighted by Crippen LogP contribution is -2.51. The Kier molecular flexibility index (Phi) is 5.75. The second-order valence-corrected chi connectivity index (χ2v) is 5.67. The van der Waals surface area contributed by atoms with Crippen molar-refractivity contribution in [1.29, 1.82) is 0 Å². The highest BCUT2D eigenvalue weighted by Gasteiger charge is 2.27. The molecule has 0 atom stereocenters. The summed E-state index contributed by atoms with van der Waals surface area (Å²) in [6.07, 6.45) is 1.29. The van der Waals surface area contributed by atoms with E-state index in [0.29, 0.717) is 16.6 Å². The molecule has 132 valence electrons. The Hall–Kier alpha value is -2.88. The van der Waals surface area contributed by atoms with E-state index in [9.17, 15) is 19.2 Å². The van der Waals surface area contributed by atoms with Gasteiger partial charge in [-0.3, -0.25) is 25.0 Å². The monoisotopic (exact) mass is 411 g/mol. The van der Waals surface area contributed by atoms with Crippen molar-refractivity contribution in [3.8, 4) is 11.5 Å². The van der Waals surface area contributed by atoms with Crippen LogP contribution >= 0.6 is 15.9 Å². The van der Waals surface area contributed by atoms with Gasteiger partial charge in [0.05, 0.1) is 11.1 Å². The fraction of sp³-hybridized carbons (Fsp3) is 0.200. The van der Waals surface area contributed by atoms with Gasteiger partial charge in [0.1, 0.15) is 5.57 Å². The van der Waals surface area contributed by atoms with E-state index in [1.165, 1.54) is 12.1 Å². The molecule has 1 aromatic carbocycles. The smallest absolute Gasteiger partial charge is 0.328 e. The van der Waals surface area contributed by atoms with E-state index in [4.69, 9.17) is 15.2 Å². The van der Waals surface area contributed by atoms with E-state index in [-0.39, 0.29) is 23.7 Å². The molecule has 0 bridgehead atoms. The topological polar surface area (TPSA) is 137 Å². The van der Waals surface area contributed by atoms with E-state index >= 15 is 0 Å². The number of hydrogen-bond donors (Lipinski definition) is 3. The van der Waals surface area contributed by atoms with Gasteiger partial charge in [0.25, 0.3) is 17.7 Å². The summed E-state index contributed by atoms with van der Waals surface area (Å²) in [6, 6.07) is 2.20. The lowest BCUT2D eigenvalue weighted by molar-refractivity contribution is -0.124. The van der Waals surface area contributed by atoms with Crippen LogP contribution in [0.3, 0.4) is 0 Å². The van der Waals surface area contributed by atoms with Gasteiger partial charge >= 0.3 is 6.03 Å². The van der Waals surface area contributed by atoms with E-state index in [1.807, 2.05) is 10.6 Å². The number of benzene rings is 1. The number of primary amides is 1.